The van der Waals surface area contributed by atoms with E-state index in [1.54, 1.807) is 0 Å². The summed E-state index contributed by atoms with van der Waals surface area (Å²) in [4.78, 5) is 11.0. The monoisotopic (exact) mass is 664 g/mol. The number of hydrogen-bond acceptors (Lipinski definition) is 20. The molecule has 45 heavy (non-hydrogen) atoms. The number of ether oxygens (including phenoxy) is 6. The molecule has 3 aliphatic heterocycles. The average molecular weight is 665 g/mol. The van der Waals surface area contributed by atoms with Crippen molar-refractivity contribution in [2.45, 2.75) is 117 Å². The highest BCUT2D eigenvalue weighted by Crippen LogP contribution is 2.35. The zero-order valence-corrected chi connectivity index (χ0v) is 24.0. The molecule has 3 heterocycles. The highest BCUT2D eigenvalue weighted by atomic mass is 16.8. The molecule has 3 rings (SSSR count). The molecule has 19 atom stereocenters. The number of aldehydes is 1. The second-order valence-corrected chi connectivity index (χ2v) is 11.1. The number of rotatable bonds is 14. The van der Waals surface area contributed by atoms with Gasteiger partial charge in [-0.1, -0.05) is 6.92 Å². The summed E-state index contributed by atoms with van der Waals surface area (Å²) < 4.78 is 33.1. The van der Waals surface area contributed by atoms with Crippen LogP contribution in [0.1, 0.15) is 6.92 Å². The van der Waals surface area contributed by atoms with Crippen molar-refractivity contribution in [2.75, 3.05) is 26.4 Å². The zero-order valence-electron chi connectivity index (χ0n) is 24.0. The largest absolute Gasteiger partial charge is 0.394 e. The number of carbonyl (C=O) groups is 1. The maximum atomic E-state index is 11.1. The van der Waals surface area contributed by atoms with Crippen molar-refractivity contribution in [3.05, 3.63) is 0 Å². The van der Waals surface area contributed by atoms with E-state index < -0.39 is 143 Å². The highest BCUT2D eigenvalue weighted by Gasteiger charge is 2.53. The summed E-state index contributed by atoms with van der Waals surface area (Å²) in [6.45, 7) is -2.10. The Morgan fingerprint density at radius 1 is 0.644 bits per heavy atom. The molecule has 0 aromatic rings. The molecule has 3 saturated heterocycles. The number of aliphatic hydroxyl groups excluding tert-OH is 13. The molecule has 0 bridgehead atoms. The molecule has 13 N–H and O–H groups in total. The fourth-order valence-electron chi connectivity index (χ4n) is 5.27. The van der Waals surface area contributed by atoms with Crippen LogP contribution in [0.5, 0.6) is 0 Å². The molecular weight excluding hydrogens is 620 g/mol. The molecule has 0 aliphatic carbocycles. The molecule has 0 unspecified atom stereocenters. The molecule has 0 aromatic carbocycles. The summed E-state index contributed by atoms with van der Waals surface area (Å²) >= 11 is 0. The summed E-state index contributed by atoms with van der Waals surface area (Å²) in [6, 6.07) is 0. The standard InChI is InChI=1S/C25H44O20/c1-7-13(33)21(44-24-18(38)17(37)15(35)10(4-28)40-24)12(6-30)42-23(7)45-22-16(36)11(5-29)41-25(19(22)39)43-20(9(32)3-27)14(34)8(31)2-26/h2,7-25,27-39H,3-6H2,1H3/t7-,8+,9-,10-,11-,12-,13-,14-,15+,16+,17+,18-,19-,20-,21-,22+,23+,24+,25+/m1/s1. The van der Waals surface area contributed by atoms with Gasteiger partial charge in [0.05, 0.1) is 32.5 Å². The highest BCUT2D eigenvalue weighted by molar-refractivity contribution is 5.56. The smallest absolute Gasteiger partial charge is 0.187 e. The van der Waals surface area contributed by atoms with Gasteiger partial charge in [-0.25, -0.2) is 0 Å². The van der Waals surface area contributed by atoms with Gasteiger partial charge in [-0.3, -0.25) is 0 Å². The van der Waals surface area contributed by atoms with Crippen LogP contribution >= 0.6 is 0 Å². The van der Waals surface area contributed by atoms with Crippen LogP contribution in [0.25, 0.3) is 0 Å². The van der Waals surface area contributed by atoms with Crippen LogP contribution in [0.3, 0.4) is 0 Å². The molecule has 264 valence electrons. The number of hydrogen-bond donors (Lipinski definition) is 13. The number of carbonyl (C=O) groups excluding carboxylic acids is 1. The van der Waals surface area contributed by atoms with Crippen molar-refractivity contribution in [3.63, 3.8) is 0 Å². The topological polar surface area (TPSA) is 335 Å². The van der Waals surface area contributed by atoms with E-state index in [2.05, 4.69) is 0 Å². The summed E-state index contributed by atoms with van der Waals surface area (Å²) in [5.41, 5.74) is 0. The molecule has 0 saturated carbocycles. The van der Waals surface area contributed by atoms with Crippen LogP contribution in [0.4, 0.5) is 0 Å². The van der Waals surface area contributed by atoms with Gasteiger partial charge >= 0.3 is 0 Å². The molecule has 20 nitrogen and oxygen atoms in total. The van der Waals surface area contributed by atoms with Crippen molar-refractivity contribution >= 4 is 6.29 Å². The van der Waals surface area contributed by atoms with E-state index in [0.717, 1.165) is 0 Å². The van der Waals surface area contributed by atoms with Crippen molar-refractivity contribution in [2.24, 2.45) is 5.92 Å². The molecule has 0 spiro atoms. The van der Waals surface area contributed by atoms with Gasteiger partial charge in [0, 0.05) is 5.92 Å². The Morgan fingerprint density at radius 2 is 1.18 bits per heavy atom. The van der Waals surface area contributed by atoms with Gasteiger partial charge in [-0.05, 0) is 0 Å². The summed E-state index contributed by atoms with van der Waals surface area (Å²) in [5, 5.41) is 132. The lowest BCUT2D eigenvalue weighted by Crippen LogP contribution is -2.65. The Morgan fingerprint density at radius 3 is 1.73 bits per heavy atom. The molecule has 3 fully saturated rings. The first-order valence-corrected chi connectivity index (χ1v) is 14.2. The first-order chi connectivity index (χ1) is 21.2. The van der Waals surface area contributed by atoms with Gasteiger partial charge in [0.15, 0.2) is 25.2 Å². The molecule has 0 amide bonds. The van der Waals surface area contributed by atoms with Gasteiger partial charge in [0.2, 0.25) is 0 Å². The lowest BCUT2D eigenvalue weighted by molar-refractivity contribution is -0.377. The molecular formula is C25H44O20. The Labute approximate surface area is 256 Å². The normalized spacial score (nSPS) is 45.4. The van der Waals surface area contributed by atoms with Crippen LogP contribution in [-0.2, 0) is 33.2 Å². The fourth-order valence-corrected chi connectivity index (χ4v) is 5.27. The molecule has 3 aliphatic rings. The third-order valence-corrected chi connectivity index (χ3v) is 8.10. The van der Waals surface area contributed by atoms with Gasteiger partial charge in [0.25, 0.3) is 0 Å². The van der Waals surface area contributed by atoms with Gasteiger partial charge in [-0.2, -0.15) is 0 Å². The van der Waals surface area contributed by atoms with Gasteiger partial charge < -0.3 is 99.6 Å². The SMILES string of the molecule is C[C@H]1[C@H](O[C@H]2[C@@H](O)[C@@H](CO)O[C@@H](O[C@@H]([C@H](O)[C@@H](O)C=O)[C@H](O)CO)[C@@H]2O)O[C@H](CO)[C@@H](O[C@@H]2O[C@H](CO)[C@H](O)[C@H](O)[C@H]2O)[C@@H]1O. The minimum Gasteiger partial charge on any atom is -0.394 e. The lowest BCUT2D eigenvalue weighted by atomic mass is 9.91. The molecule has 0 radical (unpaired) electrons. The Balaban J connectivity index is 1.78. The summed E-state index contributed by atoms with van der Waals surface area (Å²) in [7, 11) is 0. The van der Waals surface area contributed by atoms with E-state index in [9.17, 15) is 71.2 Å². The third-order valence-electron chi connectivity index (χ3n) is 8.10. The van der Waals surface area contributed by atoms with Crippen molar-refractivity contribution in [3.8, 4) is 0 Å². The minimum absolute atomic E-state index is 0.0747. The fraction of sp³-hybridized carbons (Fsp3) is 0.960. The average Bonchev–Trinajstić information content (AvgIpc) is 3.04. The van der Waals surface area contributed by atoms with Crippen LogP contribution in [0.2, 0.25) is 0 Å². The quantitative estimate of drug-likeness (QED) is 0.0766. The maximum absolute atomic E-state index is 11.1. The first-order valence-electron chi connectivity index (χ1n) is 14.2. The maximum Gasteiger partial charge on any atom is 0.187 e. The summed E-state index contributed by atoms with van der Waals surface area (Å²) in [6.07, 6.45) is -31.4. The Kier molecular flexibility index (Phi) is 14.4. The van der Waals surface area contributed by atoms with Crippen LogP contribution in [0.15, 0.2) is 0 Å². The van der Waals surface area contributed by atoms with E-state index >= 15 is 0 Å². The summed E-state index contributed by atoms with van der Waals surface area (Å²) in [5.74, 6) is -1.09. The zero-order chi connectivity index (χ0) is 33.7. The van der Waals surface area contributed by atoms with Crippen LogP contribution in [0, 0.1) is 5.92 Å². The third kappa shape index (κ3) is 8.32. The van der Waals surface area contributed by atoms with E-state index in [1.165, 1.54) is 6.92 Å². The second kappa shape index (κ2) is 16.8. The number of aliphatic hydroxyl groups is 13. The van der Waals surface area contributed by atoms with E-state index in [-0.39, 0.29) is 6.29 Å². The van der Waals surface area contributed by atoms with Gasteiger partial charge in [0.1, 0.15) is 85.5 Å². The second-order valence-electron chi connectivity index (χ2n) is 11.1. The Bertz CT molecular complexity index is 897. The van der Waals surface area contributed by atoms with Crippen molar-refractivity contribution in [1.29, 1.82) is 0 Å². The van der Waals surface area contributed by atoms with Crippen molar-refractivity contribution in [1.82, 2.24) is 0 Å². The Hall–Kier alpha value is -1.09. The molecule has 20 heteroatoms. The van der Waals surface area contributed by atoms with E-state index in [4.69, 9.17) is 28.4 Å². The van der Waals surface area contributed by atoms with Crippen molar-refractivity contribution < 1.29 is 99.6 Å². The predicted molar refractivity (Wildman–Crippen MR) is 138 cm³/mol. The van der Waals surface area contributed by atoms with Crippen LogP contribution in [-0.4, -0.2) is 210 Å². The molecule has 0 aromatic heterocycles. The van der Waals surface area contributed by atoms with E-state index in [1.807, 2.05) is 0 Å². The predicted octanol–water partition coefficient (Wildman–Crippen LogP) is -8.63. The van der Waals surface area contributed by atoms with Gasteiger partial charge in [-0.15, -0.1) is 0 Å². The minimum atomic E-state index is -2.12. The first kappa shape index (κ1) is 38.4. The van der Waals surface area contributed by atoms with Crippen LogP contribution < -0.4 is 0 Å². The van der Waals surface area contributed by atoms with E-state index in [0.29, 0.717) is 0 Å². The lowest BCUT2D eigenvalue weighted by Gasteiger charge is -2.49.